The van der Waals surface area contributed by atoms with Crippen LogP contribution in [-0.2, 0) is 57.2 Å². The molecule has 3 aliphatic heterocycles. The number of Topliss-reactive ketones (excluding diaryl/α,β-unsaturated/α-hetero) is 3. The Morgan fingerprint density at radius 1 is 0.900 bits per heavy atom. The van der Waals surface area contributed by atoms with Crippen molar-refractivity contribution >= 4 is 35.2 Å². The third-order valence-electron chi connectivity index (χ3n) is 15.0. The molecule has 4 rings (SSSR count). The van der Waals surface area contributed by atoms with Crippen molar-refractivity contribution in [2.45, 2.75) is 187 Å². The van der Waals surface area contributed by atoms with Gasteiger partial charge < -0.3 is 43.5 Å². The number of carbonyl (C=O) groups excluding carboxylic acids is 6. The Bertz CT molecular complexity index is 1950. The first kappa shape index (κ1) is 58.5. The third kappa shape index (κ3) is 15.7. The monoisotopic (exact) mass is 982 g/mol. The maximum Gasteiger partial charge on any atom is 0.330 e. The predicted molar refractivity (Wildman–Crippen MR) is 264 cm³/mol. The topological polar surface area (TPSA) is 201 Å². The molecule has 4 aliphatic rings. The minimum atomic E-state index is -2.45. The summed E-state index contributed by atoms with van der Waals surface area (Å²) >= 11 is 0. The van der Waals surface area contributed by atoms with E-state index in [2.05, 4.69) is 0 Å². The van der Waals surface area contributed by atoms with Crippen LogP contribution >= 0.6 is 0 Å². The van der Waals surface area contributed by atoms with Crippen molar-refractivity contribution in [3.05, 3.63) is 59.8 Å². The highest BCUT2D eigenvalue weighted by Crippen LogP contribution is 2.38. The smallest absolute Gasteiger partial charge is 0.330 e. The largest absolute Gasteiger partial charge is 0.460 e. The molecular weight excluding hydrogens is 899 g/mol. The Kier molecular flexibility index (Phi) is 23.1. The van der Waals surface area contributed by atoms with Crippen LogP contribution in [0.3, 0.4) is 0 Å². The molecule has 3 fully saturated rings. The van der Waals surface area contributed by atoms with Crippen LogP contribution in [0.5, 0.6) is 0 Å². The maximum absolute atomic E-state index is 14.5. The van der Waals surface area contributed by atoms with Gasteiger partial charge in [-0.15, -0.1) is 0 Å². The van der Waals surface area contributed by atoms with Gasteiger partial charge in [-0.2, -0.15) is 0 Å². The number of aliphatic hydroxyl groups excluding tert-OH is 1. The number of hydrogen-bond acceptors (Lipinski definition) is 14. The molecule has 0 aromatic rings. The van der Waals surface area contributed by atoms with Crippen molar-refractivity contribution in [2.24, 2.45) is 35.5 Å². The molecule has 0 aromatic heterocycles. The molecular formula is C55H83NO14. The number of allylic oxidation sites excluding steroid dienone is 7. The molecule has 1 saturated carbocycles. The van der Waals surface area contributed by atoms with Gasteiger partial charge in [-0.1, -0.05) is 77.2 Å². The summed E-state index contributed by atoms with van der Waals surface area (Å²) in [5, 5.41) is 23.5. The van der Waals surface area contributed by atoms with Gasteiger partial charge in [-0.25, -0.2) is 9.59 Å². The van der Waals surface area contributed by atoms with Crippen molar-refractivity contribution in [1.82, 2.24) is 4.90 Å². The standard InChI is InChI=1S/C55H83NO14/c1-12-18-48(58)68-44-25-23-40(30-47(44)66-10)29-36(5)46-32-43(57)35(4)28-38(7)50(60)51(67-11)49(59)37(6)27-33(2)19-14-13-15-20-34(3)45(65-9)31-41-24-22-39(8)55(64,70-41)52(61)53(62)56-26-17-16-21-42(56)54(63)69-46/h12-15,18-20,28,33,36-42,44-47,50-51,60,64H,16-17,21-27,29-32H2,1-11H3/t33-,36-,37-,38?,39-,40+,41+,42+,44-,45+,46+,47-,50-,51+,55-/m1/s1. The number of methoxy groups -OCH3 is 3. The molecule has 1 unspecified atom stereocenters. The SMILES string of the molecule is CC=CC(=O)O[C@@H]1CC[C@@H](C[C@@H](C)[C@@H]2CC(=O)C(C)=CC(C)[C@@H](O)[C@@H](OC)C(=O)[C@H](C)C[C@H](C)C=CC=CC=C(C)[C@@H](OC)C[C@@H]3CC[C@@H](C)[C@@](O)(O3)C(=O)C(=O)N3CCCC[C@H]3C(=O)O2)C[C@H]1OC. The lowest BCUT2D eigenvalue weighted by atomic mass is 9.78. The predicted octanol–water partition coefficient (Wildman–Crippen LogP) is 7.31. The van der Waals surface area contributed by atoms with Crippen molar-refractivity contribution in [1.29, 1.82) is 0 Å². The maximum atomic E-state index is 14.5. The molecule has 0 aromatic carbocycles. The fraction of sp³-hybridized carbons (Fsp3) is 0.709. The number of aliphatic hydroxyl groups is 2. The summed E-state index contributed by atoms with van der Waals surface area (Å²) in [5.41, 5.74) is 1.17. The number of piperidine rings is 1. The number of nitrogens with zero attached hydrogens (tertiary/aromatic N) is 1. The first-order valence-corrected chi connectivity index (χ1v) is 25.5. The van der Waals surface area contributed by atoms with E-state index in [0.29, 0.717) is 69.8 Å². The zero-order chi connectivity index (χ0) is 51.9. The number of amides is 1. The molecule has 15 nitrogen and oxygen atoms in total. The van der Waals surface area contributed by atoms with Crippen LogP contribution in [0, 0.1) is 35.5 Å². The molecule has 392 valence electrons. The minimum Gasteiger partial charge on any atom is -0.460 e. The van der Waals surface area contributed by atoms with Gasteiger partial charge in [0.1, 0.15) is 24.4 Å². The average molecular weight is 982 g/mol. The van der Waals surface area contributed by atoms with Crippen LogP contribution in [0.2, 0.25) is 0 Å². The number of cyclic esters (lactones) is 1. The van der Waals surface area contributed by atoms with E-state index >= 15 is 0 Å². The molecule has 2 N–H and O–H groups in total. The molecule has 0 radical (unpaired) electrons. The lowest BCUT2D eigenvalue weighted by molar-refractivity contribution is -0.265. The van der Waals surface area contributed by atoms with E-state index in [0.717, 1.165) is 5.57 Å². The zero-order valence-corrected chi connectivity index (χ0v) is 43.6. The fourth-order valence-electron chi connectivity index (χ4n) is 10.6. The van der Waals surface area contributed by atoms with E-state index in [1.807, 2.05) is 58.1 Å². The lowest BCUT2D eigenvalue weighted by Gasteiger charge is -2.42. The van der Waals surface area contributed by atoms with Crippen LogP contribution < -0.4 is 0 Å². The number of carbonyl (C=O) groups is 6. The van der Waals surface area contributed by atoms with Crippen LogP contribution in [0.15, 0.2) is 59.8 Å². The molecule has 2 saturated heterocycles. The Hall–Kier alpha value is -4.12. The Morgan fingerprint density at radius 2 is 1.63 bits per heavy atom. The summed E-state index contributed by atoms with van der Waals surface area (Å²) in [6.07, 6.45) is 14.0. The number of ketones is 3. The molecule has 0 spiro atoms. The van der Waals surface area contributed by atoms with Gasteiger partial charge in [0.25, 0.3) is 11.7 Å². The number of ether oxygens (including phenoxy) is 6. The molecule has 1 amide bonds. The van der Waals surface area contributed by atoms with E-state index in [9.17, 15) is 39.0 Å². The average Bonchev–Trinajstić information content (AvgIpc) is 3.33. The molecule has 70 heavy (non-hydrogen) atoms. The van der Waals surface area contributed by atoms with E-state index < -0.39 is 89.8 Å². The second-order valence-electron chi connectivity index (χ2n) is 20.5. The third-order valence-corrected chi connectivity index (χ3v) is 15.0. The molecule has 15 atom stereocenters. The van der Waals surface area contributed by atoms with Crippen LogP contribution in [-0.4, -0.2) is 133 Å². The van der Waals surface area contributed by atoms with Gasteiger partial charge in [0.2, 0.25) is 5.79 Å². The highest BCUT2D eigenvalue weighted by Gasteiger charge is 2.53. The second kappa shape index (κ2) is 27.6. The first-order chi connectivity index (χ1) is 33.2. The van der Waals surface area contributed by atoms with Gasteiger partial charge in [-0.3, -0.25) is 19.2 Å². The molecule has 2 bridgehead atoms. The van der Waals surface area contributed by atoms with E-state index in [4.69, 9.17) is 28.4 Å². The molecule has 15 heteroatoms. The van der Waals surface area contributed by atoms with Gasteiger partial charge in [0, 0.05) is 64.5 Å². The fourth-order valence-corrected chi connectivity index (χ4v) is 10.6. The van der Waals surface area contributed by atoms with E-state index in [-0.39, 0.29) is 54.8 Å². The van der Waals surface area contributed by atoms with Crippen molar-refractivity contribution in [3.63, 3.8) is 0 Å². The second-order valence-corrected chi connectivity index (χ2v) is 20.5. The lowest BCUT2D eigenvalue weighted by Crippen LogP contribution is -2.61. The minimum absolute atomic E-state index is 0.0111. The van der Waals surface area contributed by atoms with Gasteiger partial charge >= 0.3 is 11.9 Å². The van der Waals surface area contributed by atoms with Crippen LogP contribution in [0.4, 0.5) is 0 Å². The van der Waals surface area contributed by atoms with Crippen molar-refractivity contribution in [3.8, 4) is 0 Å². The number of fused-ring (bicyclic) bond motifs is 3. The Labute approximate surface area is 416 Å². The number of rotatable bonds is 8. The van der Waals surface area contributed by atoms with Crippen molar-refractivity contribution < 1.29 is 67.4 Å². The molecule has 3 heterocycles. The zero-order valence-electron chi connectivity index (χ0n) is 43.6. The van der Waals surface area contributed by atoms with Crippen molar-refractivity contribution in [2.75, 3.05) is 27.9 Å². The van der Waals surface area contributed by atoms with E-state index in [1.54, 1.807) is 54.1 Å². The summed E-state index contributed by atoms with van der Waals surface area (Å²) in [5.74, 6) is -8.63. The van der Waals surface area contributed by atoms with Crippen LogP contribution in [0.1, 0.15) is 132 Å². The van der Waals surface area contributed by atoms with Gasteiger partial charge in [0.05, 0.1) is 24.4 Å². The summed E-state index contributed by atoms with van der Waals surface area (Å²) in [6.45, 7) is 14.4. The Morgan fingerprint density at radius 3 is 2.30 bits per heavy atom. The Balaban J connectivity index is 1.70. The quantitative estimate of drug-likeness (QED) is 0.139. The number of esters is 2. The highest BCUT2D eigenvalue weighted by atomic mass is 16.6. The summed E-state index contributed by atoms with van der Waals surface area (Å²) in [6, 6.07) is -1.17. The summed E-state index contributed by atoms with van der Waals surface area (Å²) < 4.78 is 35.4. The summed E-state index contributed by atoms with van der Waals surface area (Å²) in [4.78, 5) is 84.6. The molecule has 1 aliphatic carbocycles. The van der Waals surface area contributed by atoms with Gasteiger partial charge in [-0.05, 0) is 114 Å². The van der Waals surface area contributed by atoms with Gasteiger partial charge in [0.15, 0.2) is 11.6 Å². The highest BCUT2D eigenvalue weighted by molar-refractivity contribution is 6.39. The number of hydrogen-bond donors (Lipinski definition) is 2. The van der Waals surface area contributed by atoms with Crippen LogP contribution in [0.25, 0.3) is 0 Å². The first-order valence-electron chi connectivity index (χ1n) is 25.5. The summed E-state index contributed by atoms with van der Waals surface area (Å²) in [7, 11) is 4.53. The van der Waals surface area contributed by atoms with E-state index in [1.165, 1.54) is 18.1 Å². The normalized spacial score (nSPS) is 36.0.